The van der Waals surface area contributed by atoms with E-state index in [2.05, 4.69) is 9.88 Å². The van der Waals surface area contributed by atoms with Crippen LogP contribution in [0.2, 0.25) is 0 Å². The van der Waals surface area contributed by atoms with Crippen molar-refractivity contribution >= 4 is 5.91 Å². The van der Waals surface area contributed by atoms with Gasteiger partial charge in [-0.2, -0.15) is 0 Å². The number of aliphatic hydroxyl groups excluding tert-OH is 1. The number of aromatic nitrogens is 1. The molecular formula is C18H22N2O2. The summed E-state index contributed by atoms with van der Waals surface area (Å²) in [5, 5.41) is 12.5. The molecule has 1 aromatic carbocycles. The number of aliphatic hydroxyl groups is 1. The maximum atomic E-state index is 12.6. The molecule has 4 nitrogen and oxygen atoms in total. The average Bonchev–Trinajstić information content (AvgIpc) is 3.31. The van der Waals surface area contributed by atoms with E-state index < -0.39 is 0 Å². The molecule has 1 aromatic heterocycles. The van der Waals surface area contributed by atoms with E-state index in [1.54, 1.807) is 0 Å². The Hall–Kier alpha value is -2.07. The minimum atomic E-state index is -0.377. The second-order valence-electron chi connectivity index (χ2n) is 6.01. The lowest BCUT2D eigenvalue weighted by atomic mass is 10.1. The van der Waals surface area contributed by atoms with E-state index in [0.717, 1.165) is 17.0 Å². The topological polar surface area (TPSA) is 54.3 Å². The lowest BCUT2D eigenvalue weighted by molar-refractivity contribution is 0.0915. The summed E-state index contributed by atoms with van der Waals surface area (Å²) in [4.78, 5) is 12.6. The molecule has 1 aliphatic carbocycles. The van der Waals surface area contributed by atoms with E-state index in [1.807, 2.05) is 50.2 Å². The first-order chi connectivity index (χ1) is 10.6. The van der Waals surface area contributed by atoms with Crippen LogP contribution in [0.25, 0.3) is 0 Å². The first kappa shape index (κ1) is 14.9. The Kier molecular flexibility index (Phi) is 4.03. The Labute approximate surface area is 130 Å². The molecule has 2 N–H and O–H groups in total. The van der Waals surface area contributed by atoms with Gasteiger partial charge in [0, 0.05) is 17.4 Å². The van der Waals surface area contributed by atoms with Crippen molar-refractivity contribution < 1.29 is 9.90 Å². The fraction of sp³-hybridized carbons (Fsp3) is 0.389. The Morgan fingerprint density at radius 2 is 2.00 bits per heavy atom. The van der Waals surface area contributed by atoms with E-state index in [0.29, 0.717) is 11.6 Å². The van der Waals surface area contributed by atoms with Crippen LogP contribution in [0, 0.1) is 13.8 Å². The second kappa shape index (κ2) is 5.97. The third kappa shape index (κ3) is 2.79. The number of hydrogen-bond acceptors (Lipinski definition) is 2. The van der Waals surface area contributed by atoms with Crippen LogP contribution in [-0.2, 0) is 0 Å². The SMILES string of the molecule is Cc1cc(C(=O)N[C@@H](CO)c2ccccc2)c(C)n1C1CC1. The molecule has 116 valence electrons. The predicted molar refractivity (Wildman–Crippen MR) is 85.9 cm³/mol. The zero-order valence-corrected chi connectivity index (χ0v) is 13.0. The molecule has 22 heavy (non-hydrogen) atoms. The lowest BCUT2D eigenvalue weighted by Crippen LogP contribution is -2.31. The van der Waals surface area contributed by atoms with Crippen molar-refractivity contribution in [2.75, 3.05) is 6.61 Å². The number of nitrogens with one attached hydrogen (secondary N) is 1. The molecule has 0 aliphatic heterocycles. The van der Waals surface area contributed by atoms with Crippen LogP contribution in [-0.4, -0.2) is 22.2 Å². The summed E-state index contributed by atoms with van der Waals surface area (Å²) in [6, 6.07) is 11.7. The van der Waals surface area contributed by atoms with Crippen molar-refractivity contribution in [3.8, 4) is 0 Å². The van der Waals surface area contributed by atoms with Gasteiger partial charge in [-0.1, -0.05) is 30.3 Å². The van der Waals surface area contributed by atoms with Crippen molar-refractivity contribution in [3.05, 3.63) is 58.9 Å². The molecule has 0 unspecified atom stereocenters. The van der Waals surface area contributed by atoms with Crippen LogP contribution in [0.5, 0.6) is 0 Å². The molecule has 1 amide bonds. The highest BCUT2D eigenvalue weighted by Crippen LogP contribution is 2.38. The van der Waals surface area contributed by atoms with E-state index >= 15 is 0 Å². The molecule has 0 radical (unpaired) electrons. The summed E-state index contributed by atoms with van der Waals surface area (Å²) in [5.74, 6) is -0.122. The number of carbonyl (C=O) groups is 1. The van der Waals surface area contributed by atoms with Gasteiger partial charge in [0.05, 0.1) is 18.2 Å². The number of rotatable bonds is 5. The van der Waals surface area contributed by atoms with Gasteiger partial charge in [0.15, 0.2) is 0 Å². The standard InChI is InChI=1S/C18H22N2O2/c1-12-10-16(13(2)20(12)15-8-9-15)18(22)19-17(11-21)14-6-4-3-5-7-14/h3-7,10,15,17,21H,8-9,11H2,1-2H3,(H,19,22)/t17-/m0/s1. The van der Waals surface area contributed by atoms with Gasteiger partial charge in [0.25, 0.3) is 5.91 Å². The molecule has 1 aliphatic rings. The molecule has 2 aromatic rings. The zero-order valence-electron chi connectivity index (χ0n) is 13.0. The summed E-state index contributed by atoms with van der Waals surface area (Å²) in [5.41, 5.74) is 3.76. The van der Waals surface area contributed by atoms with Gasteiger partial charge in [-0.05, 0) is 38.3 Å². The highest BCUT2D eigenvalue weighted by molar-refractivity contribution is 5.96. The molecule has 1 fully saturated rings. The van der Waals surface area contributed by atoms with E-state index in [-0.39, 0.29) is 18.6 Å². The minimum Gasteiger partial charge on any atom is -0.394 e. The summed E-state index contributed by atoms with van der Waals surface area (Å²) in [6.07, 6.45) is 2.39. The van der Waals surface area contributed by atoms with E-state index in [4.69, 9.17) is 0 Å². The molecular weight excluding hydrogens is 276 g/mol. The van der Waals surface area contributed by atoms with Gasteiger partial charge in [0.1, 0.15) is 0 Å². The van der Waals surface area contributed by atoms with Crippen molar-refractivity contribution in [2.24, 2.45) is 0 Å². The molecule has 1 saturated carbocycles. The van der Waals surface area contributed by atoms with E-state index in [9.17, 15) is 9.90 Å². The quantitative estimate of drug-likeness (QED) is 0.892. The average molecular weight is 298 g/mol. The van der Waals surface area contributed by atoms with Crippen LogP contribution in [0.4, 0.5) is 0 Å². The summed E-state index contributed by atoms with van der Waals surface area (Å²) >= 11 is 0. The largest absolute Gasteiger partial charge is 0.394 e. The van der Waals surface area contributed by atoms with Crippen molar-refractivity contribution in [3.63, 3.8) is 0 Å². The lowest BCUT2D eigenvalue weighted by Gasteiger charge is -2.17. The number of amides is 1. The summed E-state index contributed by atoms with van der Waals surface area (Å²) < 4.78 is 2.26. The van der Waals surface area contributed by atoms with Crippen LogP contribution in [0.1, 0.15) is 52.2 Å². The minimum absolute atomic E-state index is 0.114. The highest BCUT2D eigenvalue weighted by Gasteiger charge is 2.28. The predicted octanol–water partition coefficient (Wildman–Crippen LogP) is 2.90. The highest BCUT2D eigenvalue weighted by atomic mass is 16.3. The summed E-state index contributed by atoms with van der Waals surface area (Å²) in [7, 11) is 0. The van der Waals surface area contributed by atoms with Crippen molar-refractivity contribution in [2.45, 2.75) is 38.8 Å². The van der Waals surface area contributed by atoms with Gasteiger partial charge >= 0.3 is 0 Å². The monoisotopic (exact) mass is 298 g/mol. The van der Waals surface area contributed by atoms with Gasteiger partial charge in [0.2, 0.25) is 0 Å². The Bertz CT molecular complexity index is 672. The third-order valence-electron chi connectivity index (χ3n) is 4.33. The Morgan fingerprint density at radius 3 is 2.59 bits per heavy atom. The molecule has 4 heteroatoms. The Balaban J connectivity index is 1.81. The molecule has 1 heterocycles. The Morgan fingerprint density at radius 1 is 1.32 bits per heavy atom. The maximum Gasteiger partial charge on any atom is 0.253 e. The van der Waals surface area contributed by atoms with Crippen LogP contribution in [0.3, 0.4) is 0 Å². The van der Waals surface area contributed by atoms with E-state index in [1.165, 1.54) is 12.8 Å². The molecule has 0 saturated heterocycles. The summed E-state index contributed by atoms with van der Waals surface area (Å²) in [6.45, 7) is 3.93. The first-order valence-electron chi connectivity index (χ1n) is 7.77. The smallest absolute Gasteiger partial charge is 0.253 e. The van der Waals surface area contributed by atoms with Crippen LogP contribution >= 0.6 is 0 Å². The van der Waals surface area contributed by atoms with Gasteiger partial charge < -0.3 is 15.0 Å². The first-order valence-corrected chi connectivity index (χ1v) is 7.77. The number of nitrogens with zero attached hydrogens (tertiary/aromatic N) is 1. The second-order valence-corrected chi connectivity index (χ2v) is 6.01. The van der Waals surface area contributed by atoms with Gasteiger partial charge in [-0.25, -0.2) is 0 Å². The molecule has 0 bridgehead atoms. The third-order valence-corrected chi connectivity index (χ3v) is 4.33. The van der Waals surface area contributed by atoms with Crippen LogP contribution < -0.4 is 5.32 Å². The van der Waals surface area contributed by atoms with Crippen LogP contribution in [0.15, 0.2) is 36.4 Å². The van der Waals surface area contributed by atoms with Gasteiger partial charge in [-0.3, -0.25) is 4.79 Å². The number of hydrogen-bond donors (Lipinski definition) is 2. The normalized spacial score (nSPS) is 15.6. The number of benzene rings is 1. The molecule has 0 spiro atoms. The van der Waals surface area contributed by atoms with Crippen molar-refractivity contribution in [1.82, 2.24) is 9.88 Å². The maximum absolute atomic E-state index is 12.6. The fourth-order valence-electron chi connectivity index (χ4n) is 3.06. The number of aryl methyl sites for hydroxylation is 1. The number of carbonyl (C=O) groups excluding carboxylic acids is 1. The van der Waals surface area contributed by atoms with Crippen molar-refractivity contribution in [1.29, 1.82) is 0 Å². The fourth-order valence-corrected chi connectivity index (χ4v) is 3.06. The van der Waals surface area contributed by atoms with Gasteiger partial charge in [-0.15, -0.1) is 0 Å². The zero-order chi connectivity index (χ0) is 15.7. The molecule has 1 atom stereocenters. The molecule has 3 rings (SSSR count).